The standard InChI is InChI=1S/C24H37NO6/c1-6-7-13-19-17(2)30-22(26)20(25-23(27)31-24(3,4)5)14-15-28-21(19)16-29-18-11-9-8-10-12-18/h8-12,17,19-21H,6-7,13-16H2,1-5H3,(H,25,27)/t17-,19-,20-,21+/m0/s1. The van der Waals surface area contributed by atoms with Crippen LogP contribution < -0.4 is 10.1 Å². The van der Waals surface area contributed by atoms with Gasteiger partial charge in [0.05, 0.1) is 6.10 Å². The van der Waals surface area contributed by atoms with E-state index in [4.69, 9.17) is 18.9 Å². The second-order valence-corrected chi connectivity index (χ2v) is 8.97. The molecule has 0 aliphatic carbocycles. The quantitative estimate of drug-likeness (QED) is 0.636. The second-order valence-electron chi connectivity index (χ2n) is 8.97. The number of alkyl carbamates (subject to hydrolysis) is 1. The molecule has 1 aromatic carbocycles. The van der Waals surface area contributed by atoms with Crippen LogP contribution in [0.25, 0.3) is 0 Å². The molecule has 0 aromatic heterocycles. The highest BCUT2D eigenvalue weighted by molar-refractivity contribution is 5.81. The van der Waals surface area contributed by atoms with Crippen LogP contribution in [0.5, 0.6) is 5.75 Å². The lowest BCUT2D eigenvalue weighted by Gasteiger charge is -2.30. The molecular weight excluding hydrogens is 398 g/mol. The molecule has 1 aliphatic heterocycles. The molecule has 0 radical (unpaired) electrons. The first-order chi connectivity index (χ1) is 14.7. The lowest BCUT2D eigenvalue weighted by molar-refractivity contribution is -0.155. The summed E-state index contributed by atoms with van der Waals surface area (Å²) >= 11 is 0. The van der Waals surface area contributed by atoms with Crippen molar-refractivity contribution in [1.29, 1.82) is 0 Å². The fraction of sp³-hybridized carbons (Fsp3) is 0.667. The number of carbonyl (C=O) groups is 2. The van der Waals surface area contributed by atoms with Gasteiger partial charge < -0.3 is 24.3 Å². The number of para-hydroxylation sites is 1. The average molecular weight is 436 g/mol. The highest BCUT2D eigenvalue weighted by Gasteiger charge is 2.35. The van der Waals surface area contributed by atoms with E-state index in [1.54, 1.807) is 20.8 Å². The number of benzene rings is 1. The third-order valence-electron chi connectivity index (χ3n) is 5.14. The summed E-state index contributed by atoms with van der Waals surface area (Å²) in [6, 6.07) is 8.77. The van der Waals surface area contributed by atoms with Gasteiger partial charge in [-0.15, -0.1) is 0 Å². The molecule has 1 saturated heterocycles. The predicted molar refractivity (Wildman–Crippen MR) is 118 cm³/mol. The van der Waals surface area contributed by atoms with Crippen molar-refractivity contribution in [2.24, 2.45) is 5.92 Å². The van der Waals surface area contributed by atoms with Crippen LogP contribution >= 0.6 is 0 Å². The van der Waals surface area contributed by atoms with Gasteiger partial charge >= 0.3 is 12.1 Å². The van der Waals surface area contributed by atoms with Gasteiger partial charge in [0.2, 0.25) is 0 Å². The summed E-state index contributed by atoms with van der Waals surface area (Å²) in [6.07, 6.45) is 1.95. The van der Waals surface area contributed by atoms with Crippen molar-refractivity contribution in [2.45, 2.75) is 84.2 Å². The molecule has 0 unspecified atom stereocenters. The maximum Gasteiger partial charge on any atom is 0.408 e. The molecule has 4 atom stereocenters. The number of hydrogen-bond acceptors (Lipinski definition) is 6. The van der Waals surface area contributed by atoms with Crippen LogP contribution in [0.4, 0.5) is 4.79 Å². The monoisotopic (exact) mass is 435 g/mol. The average Bonchev–Trinajstić information content (AvgIpc) is 2.74. The molecule has 0 bridgehead atoms. The van der Waals surface area contributed by atoms with E-state index in [1.807, 2.05) is 37.3 Å². The van der Waals surface area contributed by atoms with Crippen molar-refractivity contribution in [3.8, 4) is 5.75 Å². The summed E-state index contributed by atoms with van der Waals surface area (Å²) < 4.78 is 23.2. The Balaban J connectivity index is 2.08. The highest BCUT2D eigenvalue weighted by atomic mass is 16.6. The Labute approximate surface area is 185 Å². The minimum absolute atomic E-state index is 0.00658. The number of ether oxygens (including phenoxy) is 4. The van der Waals surface area contributed by atoms with E-state index >= 15 is 0 Å². The van der Waals surface area contributed by atoms with Gasteiger partial charge in [0.1, 0.15) is 30.1 Å². The van der Waals surface area contributed by atoms with Crippen molar-refractivity contribution < 1.29 is 28.5 Å². The third-order valence-corrected chi connectivity index (χ3v) is 5.14. The van der Waals surface area contributed by atoms with Gasteiger partial charge in [-0.05, 0) is 46.2 Å². The SMILES string of the molecule is CCCC[C@H]1[C@H](C)OC(=O)[C@@H](NC(=O)OC(C)(C)C)CCO[C@@H]1COc1ccccc1. The first kappa shape index (κ1) is 25.0. The number of unbranched alkanes of at least 4 members (excludes halogenated alkanes) is 1. The topological polar surface area (TPSA) is 83.1 Å². The summed E-state index contributed by atoms with van der Waals surface area (Å²) in [6.45, 7) is 9.99. The number of carbonyl (C=O) groups excluding carboxylic acids is 2. The zero-order valence-corrected chi connectivity index (χ0v) is 19.4. The predicted octanol–water partition coefficient (Wildman–Crippen LogP) is 4.49. The second kappa shape index (κ2) is 11.9. The molecule has 174 valence electrons. The van der Waals surface area contributed by atoms with Gasteiger partial charge in [-0.1, -0.05) is 38.0 Å². The van der Waals surface area contributed by atoms with E-state index in [9.17, 15) is 9.59 Å². The number of rotatable bonds is 7. The Morgan fingerprint density at radius 1 is 1.23 bits per heavy atom. The minimum atomic E-state index is -0.821. The molecule has 1 fully saturated rings. The van der Waals surface area contributed by atoms with Crippen molar-refractivity contribution in [2.75, 3.05) is 13.2 Å². The summed E-state index contributed by atoms with van der Waals surface area (Å²) in [4.78, 5) is 24.9. The third kappa shape index (κ3) is 8.77. The molecular formula is C24H37NO6. The van der Waals surface area contributed by atoms with Gasteiger partial charge in [0.25, 0.3) is 0 Å². The largest absolute Gasteiger partial charge is 0.491 e. The maximum absolute atomic E-state index is 12.8. The summed E-state index contributed by atoms with van der Waals surface area (Å²) in [5, 5.41) is 2.63. The first-order valence-corrected chi connectivity index (χ1v) is 11.2. The van der Waals surface area contributed by atoms with E-state index in [1.165, 1.54) is 0 Å². The molecule has 1 aliphatic rings. The number of amides is 1. The molecule has 0 saturated carbocycles. The number of cyclic esters (lactones) is 1. The Morgan fingerprint density at radius 3 is 2.58 bits per heavy atom. The number of nitrogens with one attached hydrogen (secondary N) is 1. The molecule has 1 amide bonds. The van der Waals surface area contributed by atoms with Crippen molar-refractivity contribution in [1.82, 2.24) is 5.32 Å². The Morgan fingerprint density at radius 2 is 1.94 bits per heavy atom. The normalized spacial score (nSPS) is 24.9. The van der Waals surface area contributed by atoms with Crippen LogP contribution in [-0.4, -0.2) is 49.1 Å². The van der Waals surface area contributed by atoms with Gasteiger partial charge in [0, 0.05) is 18.9 Å². The number of hydrogen-bond donors (Lipinski definition) is 1. The van der Waals surface area contributed by atoms with Crippen LogP contribution in [0.1, 0.15) is 60.3 Å². The van der Waals surface area contributed by atoms with Gasteiger partial charge in [0.15, 0.2) is 0 Å². The number of esters is 1. The van der Waals surface area contributed by atoms with E-state index in [0.29, 0.717) is 19.6 Å². The van der Waals surface area contributed by atoms with Crippen molar-refractivity contribution >= 4 is 12.1 Å². The molecule has 7 nitrogen and oxygen atoms in total. The summed E-state index contributed by atoms with van der Waals surface area (Å²) in [5.74, 6) is 0.301. The van der Waals surface area contributed by atoms with Crippen LogP contribution in [0.3, 0.4) is 0 Å². The minimum Gasteiger partial charge on any atom is -0.491 e. The lowest BCUT2D eigenvalue weighted by Crippen LogP contribution is -2.45. The Hall–Kier alpha value is -2.28. The molecule has 31 heavy (non-hydrogen) atoms. The molecule has 1 N–H and O–H groups in total. The Kier molecular flexibility index (Phi) is 9.62. The lowest BCUT2D eigenvalue weighted by atomic mass is 9.91. The zero-order chi connectivity index (χ0) is 22.9. The smallest absolute Gasteiger partial charge is 0.408 e. The molecule has 0 spiro atoms. The van der Waals surface area contributed by atoms with Gasteiger partial charge in [-0.2, -0.15) is 0 Å². The van der Waals surface area contributed by atoms with E-state index < -0.39 is 23.7 Å². The summed E-state index contributed by atoms with van der Waals surface area (Å²) in [7, 11) is 0. The van der Waals surface area contributed by atoms with Crippen LogP contribution in [0, 0.1) is 5.92 Å². The van der Waals surface area contributed by atoms with Crippen LogP contribution in [0.2, 0.25) is 0 Å². The zero-order valence-electron chi connectivity index (χ0n) is 19.4. The fourth-order valence-electron chi connectivity index (χ4n) is 3.54. The van der Waals surface area contributed by atoms with Crippen LogP contribution in [-0.2, 0) is 19.0 Å². The fourth-order valence-corrected chi connectivity index (χ4v) is 3.54. The molecule has 7 heteroatoms. The van der Waals surface area contributed by atoms with Gasteiger partial charge in [-0.25, -0.2) is 9.59 Å². The molecule has 1 heterocycles. The molecule has 2 rings (SSSR count). The maximum atomic E-state index is 12.8. The van der Waals surface area contributed by atoms with E-state index in [0.717, 1.165) is 25.0 Å². The van der Waals surface area contributed by atoms with E-state index in [2.05, 4.69) is 12.2 Å². The van der Waals surface area contributed by atoms with Crippen LogP contribution in [0.15, 0.2) is 30.3 Å². The first-order valence-electron chi connectivity index (χ1n) is 11.2. The highest BCUT2D eigenvalue weighted by Crippen LogP contribution is 2.26. The van der Waals surface area contributed by atoms with Crippen molar-refractivity contribution in [3.05, 3.63) is 30.3 Å². The summed E-state index contributed by atoms with van der Waals surface area (Å²) in [5.41, 5.74) is -0.651. The molecule has 1 aromatic rings. The van der Waals surface area contributed by atoms with Crippen molar-refractivity contribution in [3.63, 3.8) is 0 Å². The van der Waals surface area contributed by atoms with E-state index in [-0.39, 0.29) is 18.1 Å². The van der Waals surface area contributed by atoms with Gasteiger partial charge in [-0.3, -0.25) is 0 Å². The Bertz CT molecular complexity index is 687.